The first-order valence-electron chi connectivity index (χ1n) is 5.79. The van der Waals surface area contributed by atoms with Crippen molar-refractivity contribution in [3.8, 4) is 6.07 Å². The van der Waals surface area contributed by atoms with Gasteiger partial charge >= 0.3 is 0 Å². The van der Waals surface area contributed by atoms with Crippen molar-refractivity contribution >= 4 is 5.91 Å². The number of hydrogen-bond donors (Lipinski definition) is 2. The molecule has 0 spiro atoms. The van der Waals surface area contributed by atoms with Crippen molar-refractivity contribution in [2.24, 2.45) is 0 Å². The minimum absolute atomic E-state index is 0.0178. The topological polar surface area (TPSA) is 76.4 Å². The van der Waals surface area contributed by atoms with E-state index in [1.54, 1.807) is 0 Å². The van der Waals surface area contributed by atoms with Gasteiger partial charge in [-0.1, -0.05) is 0 Å². The maximum Gasteiger partial charge on any atom is 0.225 e. The monoisotopic (exact) mass is 225 g/mol. The maximum atomic E-state index is 11.8. The summed E-state index contributed by atoms with van der Waals surface area (Å²) in [7, 11) is 0. The predicted molar refractivity (Wildman–Crippen MR) is 59.5 cm³/mol. The Bertz CT molecular complexity index is 256. The van der Waals surface area contributed by atoms with E-state index >= 15 is 0 Å². The largest absolute Gasteiger partial charge is 0.395 e. The highest BCUT2D eigenvalue weighted by Crippen LogP contribution is 2.10. The summed E-state index contributed by atoms with van der Waals surface area (Å²) in [6.07, 6.45) is 3.52. The molecule has 0 radical (unpaired) electrons. The molecule has 5 nitrogen and oxygen atoms in total. The van der Waals surface area contributed by atoms with E-state index in [4.69, 9.17) is 10.4 Å². The molecule has 90 valence electrons. The zero-order valence-electron chi connectivity index (χ0n) is 9.48. The van der Waals surface area contributed by atoms with Crippen molar-refractivity contribution in [3.63, 3.8) is 0 Å². The summed E-state index contributed by atoms with van der Waals surface area (Å²) in [6.45, 7) is 1.97. The minimum atomic E-state index is -0.485. The molecular weight excluding hydrogens is 206 g/mol. The fourth-order valence-electron chi connectivity index (χ4n) is 1.85. The molecule has 0 aromatic rings. The number of nitriles is 1. The number of piperidine rings is 1. The standard InChI is InChI=1S/C11H19N3O2/c12-9-10(13-4-7-15)8-11(16)14-5-2-1-3-6-14/h10,13,15H,1-8H2. The summed E-state index contributed by atoms with van der Waals surface area (Å²) in [5.41, 5.74) is 0. The van der Waals surface area contributed by atoms with Gasteiger partial charge in [0.25, 0.3) is 0 Å². The molecular formula is C11H19N3O2. The van der Waals surface area contributed by atoms with Crippen LogP contribution in [-0.2, 0) is 4.79 Å². The van der Waals surface area contributed by atoms with Gasteiger partial charge in [-0.3, -0.25) is 10.1 Å². The van der Waals surface area contributed by atoms with Gasteiger partial charge in [0, 0.05) is 19.6 Å². The van der Waals surface area contributed by atoms with Gasteiger partial charge in [0.05, 0.1) is 19.1 Å². The molecule has 0 aromatic heterocycles. The Morgan fingerprint density at radius 1 is 1.44 bits per heavy atom. The lowest BCUT2D eigenvalue weighted by Crippen LogP contribution is -2.40. The van der Waals surface area contributed by atoms with Crippen LogP contribution < -0.4 is 5.32 Å². The van der Waals surface area contributed by atoms with Crippen LogP contribution in [0.2, 0.25) is 0 Å². The normalized spacial score (nSPS) is 17.9. The van der Waals surface area contributed by atoms with Crippen LogP contribution in [0.3, 0.4) is 0 Å². The Morgan fingerprint density at radius 3 is 2.69 bits per heavy atom. The van der Waals surface area contributed by atoms with Gasteiger partial charge in [0.1, 0.15) is 6.04 Å². The summed E-state index contributed by atoms with van der Waals surface area (Å²) in [5.74, 6) is 0.0386. The molecule has 2 N–H and O–H groups in total. The second kappa shape index (κ2) is 7.20. The Hall–Kier alpha value is -1.12. The molecule has 1 rings (SSSR count). The molecule has 16 heavy (non-hydrogen) atoms. The smallest absolute Gasteiger partial charge is 0.225 e. The Balaban J connectivity index is 2.33. The molecule has 1 fully saturated rings. The van der Waals surface area contributed by atoms with Crippen LogP contribution in [0.25, 0.3) is 0 Å². The van der Waals surface area contributed by atoms with E-state index in [1.165, 1.54) is 6.42 Å². The number of hydrogen-bond acceptors (Lipinski definition) is 4. The zero-order chi connectivity index (χ0) is 11.8. The summed E-state index contributed by atoms with van der Waals surface area (Å²) >= 11 is 0. The first kappa shape index (κ1) is 12.9. The third-order valence-electron chi connectivity index (χ3n) is 2.75. The molecule has 0 saturated carbocycles. The lowest BCUT2D eigenvalue weighted by molar-refractivity contribution is -0.132. The van der Waals surface area contributed by atoms with Crippen LogP contribution in [0.15, 0.2) is 0 Å². The third kappa shape index (κ3) is 4.17. The third-order valence-corrected chi connectivity index (χ3v) is 2.75. The molecule has 0 aliphatic carbocycles. The number of amides is 1. The fraction of sp³-hybridized carbons (Fsp3) is 0.818. The second-order valence-electron chi connectivity index (χ2n) is 4.00. The van der Waals surface area contributed by atoms with Crippen LogP contribution in [0, 0.1) is 11.3 Å². The quantitative estimate of drug-likeness (QED) is 0.683. The van der Waals surface area contributed by atoms with E-state index < -0.39 is 6.04 Å². The minimum Gasteiger partial charge on any atom is -0.395 e. The number of rotatable bonds is 5. The SMILES string of the molecule is N#CC(CC(=O)N1CCCCC1)NCCO. The summed E-state index contributed by atoms with van der Waals surface area (Å²) in [5, 5.41) is 20.3. The van der Waals surface area contributed by atoms with E-state index in [0.717, 1.165) is 25.9 Å². The van der Waals surface area contributed by atoms with Crippen LogP contribution in [0.5, 0.6) is 0 Å². The Labute approximate surface area is 96.0 Å². The fourth-order valence-corrected chi connectivity index (χ4v) is 1.85. The zero-order valence-corrected chi connectivity index (χ0v) is 9.48. The van der Waals surface area contributed by atoms with Gasteiger partial charge in [-0.2, -0.15) is 5.26 Å². The van der Waals surface area contributed by atoms with E-state index in [9.17, 15) is 4.79 Å². The van der Waals surface area contributed by atoms with E-state index in [-0.39, 0.29) is 18.9 Å². The first-order valence-corrected chi connectivity index (χ1v) is 5.79. The molecule has 0 bridgehead atoms. The highest BCUT2D eigenvalue weighted by Gasteiger charge is 2.20. The van der Waals surface area contributed by atoms with Crippen molar-refractivity contribution in [2.75, 3.05) is 26.2 Å². The Morgan fingerprint density at radius 2 is 2.12 bits per heavy atom. The summed E-state index contributed by atoms with van der Waals surface area (Å²) < 4.78 is 0. The van der Waals surface area contributed by atoms with Crippen molar-refractivity contribution in [3.05, 3.63) is 0 Å². The lowest BCUT2D eigenvalue weighted by atomic mass is 10.1. The molecule has 5 heteroatoms. The van der Waals surface area contributed by atoms with Gasteiger partial charge < -0.3 is 10.0 Å². The Kier molecular flexibility index (Phi) is 5.83. The van der Waals surface area contributed by atoms with Gasteiger partial charge in [-0.25, -0.2) is 0 Å². The van der Waals surface area contributed by atoms with Gasteiger partial charge in [-0.15, -0.1) is 0 Å². The molecule has 1 heterocycles. The molecule has 0 aromatic carbocycles. The van der Waals surface area contributed by atoms with E-state index in [0.29, 0.717) is 6.54 Å². The van der Waals surface area contributed by atoms with Gasteiger partial charge in [0.2, 0.25) is 5.91 Å². The summed E-state index contributed by atoms with van der Waals surface area (Å²) in [6, 6.07) is 1.55. The average Bonchev–Trinajstić information content (AvgIpc) is 2.35. The molecule has 1 saturated heterocycles. The maximum absolute atomic E-state index is 11.8. The first-order chi connectivity index (χ1) is 7.77. The van der Waals surface area contributed by atoms with Gasteiger partial charge in [-0.05, 0) is 19.3 Å². The van der Waals surface area contributed by atoms with Crippen molar-refractivity contribution in [1.82, 2.24) is 10.2 Å². The number of nitrogens with one attached hydrogen (secondary N) is 1. The van der Waals surface area contributed by atoms with Crippen molar-refractivity contribution < 1.29 is 9.90 Å². The molecule has 1 aliphatic rings. The highest BCUT2D eigenvalue weighted by molar-refractivity contribution is 5.77. The number of carbonyl (C=O) groups is 1. The number of carbonyl (C=O) groups excluding carboxylic acids is 1. The lowest BCUT2D eigenvalue weighted by Gasteiger charge is -2.27. The van der Waals surface area contributed by atoms with Crippen molar-refractivity contribution in [1.29, 1.82) is 5.26 Å². The van der Waals surface area contributed by atoms with E-state index in [2.05, 4.69) is 5.32 Å². The predicted octanol–water partition coefficient (Wildman–Crippen LogP) is -0.137. The number of nitrogens with zero attached hydrogens (tertiary/aromatic N) is 2. The summed E-state index contributed by atoms with van der Waals surface area (Å²) in [4.78, 5) is 13.6. The number of aliphatic hydroxyl groups is 1. The van der Waals surface area contributed by atoms with Gasteiger partial charge in [0.15, 0.2) is 0 Å². The van der Waals surface area contributed by atoms with Crippen molar-refractivity contribution in [2.45, 2.75) is 31.7 Å². The van der Waals surface area contributed by atoms with E-state index in [1.807, 2.05) is 11.0 Å². The highest BCUT2D eigenvalue weighted by atomic mass is 16.3. The van der Waals surface area contributed by atoms with Crippen LogP contribution in [0.1, 0.15) is 25.7 Å². The average molecular weight is 225 g/mol. The van der Waals surface area contributed by atoms with Crippen LogP contribution in [-0.4, -0.2) is 48.2 Å². The molecule has 1 aliphatic heterocycles. The van der Waals surface area contributed by atoms with Crippen LogP contribution >= 0.6 is 0 Å². The van der Waals surface area contributed by atoms with Crippen LogP contribution in [0.4, 0.5) is 0 Å². The molecule has 1 amide bonds. The molecule has 1 atom stereocenters. The number of aliphatic hydroxyl groups excluding tert-OH is 1. The number of likely N-dealkylation sites (tertiary alicyclic amines) is 1. The molecule has 1 unspecified atom stereocenters. The second-order valence-corrected chi connectivity index (χ2v) is 4.00.